The molecule has 5 rings (SSSR count). The number of nitrogens with zero attached hydrogens (tertiary/aromatic N) is 1. The second-order valence-electron chi connectivity index (χ2n) is 8.30. The maximum Gasteiger partial charge on any atom is 0.251 e. The summed E-state index contributed by atoms with van der Waals surface area (Å²) in [4.78, 5) is 15.2. The predicted molar refractivity (Wildman–Crippen MR) is 109 cm³/mol. The average molecular weight is 412 g/mol. The summed E-state index contributed by atoms with van der Waals surface area (Å²) in [6.07, 6.45) is 1.97. The molecule has 2 aromatic carbocycles. The van der Waals surface area contributed by atoms with Crippen molar-refractivity contribution in [2.75, 3.05) is 32.8 Å². The Balaban J connectivity index is 1.19. The second kappa shape index (κ2) is 8.14. The minimum absolute atomic E-state index is 0.0846. The number of piperidine rings is 1. The number of carbonyl (C=O) groups is 1. The van der Waals surface area contributed by atoms with Crippen LogP contribution in [0.1, 0.15) is 23.2 Å². The minimum Gasteiger partial charge on any atom is -0.490 e. The smallest absolute Gasteiger partial charge is 0.251 e. The van der Waals surface area contributed by atoms with E-state index < -0.39 is 0 Å². The second-order valence-corrected chi connectivity index (χ2v) is 8.30. The van der Waals surface area contributed by atoms with E-state index in [4.69, 9.17) is 14.2 Å². The molecule has 0 aliphatic carbocycles. The molecule has 1 N–H and O–H groups in total. The topological polar surface area (TPSA) is 60.0 Å². The van der Waals surface area contributed by atoms with Crippen LogP contribution in [0.25, 0.3) is 0 Å². The summed E-state index contributed by atoms with van der Waals surface area (Å²) in [5, 5.41) is 3.17. The largest absolute Gasteiger partial charge is 0.490 e. The highest BCUT2D eigenvalue weighted by Crippen LogP contribution is 2.33. The van der Waals surface area contributed by atoms with Gasteiger partial charge in [-0.25, -0.2) is 4.39 Å². The first-order chi connectivity index (χ1) is 14.6. The molecule has 2 saturated heterocycles. The van der Waals surface area contributed by atoms with Crippen molar-refractivity contribution < 1.29 is 23.4 Å². The Hall–Kier alpha value is -2.80. The van der Waals surface area contributed by atoms with Gasteiger partial charge < -0.3 is 24.4 Å². The highest BCUT2D eigenvalue weighted by atomic mass is 19.1. The van der Waals surface area contributed by atoms with Crippen molar-refractivity contribution in [3.63, 3.8) is 0 Å². The number of fused-ring (bicyclic) bond motifs is 3. The Morgan fingerprint density at radius 2 is 2.03 bits per heavy atom. The van der Waals surface area contributed by atoms with Crippen LogP contribution in [0.3, 0.4) is 0 Å². The number of halogens is 1. The molecule has 158 valence electrons. The van der Waals surface area contributed by atoms with E-state index in [1.54, 1.807) is 30.3 Å². The van der Waals surface area contributed by atoms with Crippen LogP contribution in [0.5, 0.6) is 17.2 Å². The molecule has 0 saturated carbocycles. The van der Waals surface area contributed by atoms with Gasteiger partial charge in [0.1, 0.15) is 24.8 Å². The van der Waals surface area contributed by atoms with Crippen molar-refractivity contribution in [3.8, 4) is 17.2 Å². The fourth-order valence-corrected chi connectivity index (χ4v) is 4.49. The summed E-state index contributed by atoms with van der Waals surface area (Å²) >= 11 is 0. The lowest BCUT2D eigenvalue weighted by molar-refractivity contribution is 0.0533. The van der Waals surface area contributed by atoms with Gasteiger partial charge in [-0.1, -0.05) is 0 Å². The van der Waals surface area contributed by atoms with E-state index in [0.29, 0.717) is 35.3 Å². The van der Waals surface area contributed by atoms with Crippen molar-refractivity contribution in [1.29, 1.82) is 0 Å². The van der Waals surface area contributed by atoms with Crippen LogP contribution in [0.2, 0.25) is 0 Å². The number of ether oxygens (including phenoxy) is 3. The number of carbonyl (C=O) groups excluding carboxylic acids is 1. The van der Waals surface area contributed by atoms with E-state index >= 15 is 0 Å². The van der Waals surface area contributed by atoms with Crippen LogP contribution in [0.15, 0.2) is 42.5 Å². The van der Waals surface area contributed by atoms with Gasteiger partial charge in [-0.05, 0) is 67.8 Å². The molecule has 2 bridgehead atoms. The Kier molecular flexibility index (Phi) is 5.21. The van der Waals surface area contributed by atoms with E-state index in [-0.39, 0.29) is 30.5 Å². The molecule has 1 unspecified atom stereocenters. The normalized spacial score (nSPS) is 26.8. The van der Waals surface area contributed by atoms with Gasteiger partial charge in [-0.15, -0.1) is 0 Å². The third kappa shape index (κ3) is 4.21. The molecule has 2 fully saturated rings. The fourth-order valence-electron chi connectivity index (χ4n) is 4.49. The average Bonchev–Trinajstić information content (AvgIpc) is 3.10. The van der Waals surface area contributed by atoms with Crippen molar-refractivity contribution in [2.24, 2.45) is 5.92 Å². The van der Waals surface area contributed by atoms with Gasteiger partial charge in [0.05, 0.1) is 0 Å². The number of amides is 1. The van der Waals surface area contributed by atoms with Gasteiger partial charge in [0.25, 0.3) is 5.91 Å². The third-order valence-corrected chi connectivity index (χ3v) is 5.98. The van der Waals surface area contributed by atoms with E-state index in [2.05, 4.69) is 10.2 Å². The molecule has 0 aromatic heterocycles. The van der Waals surface area contributed by atoms with E-state index in [1.807, 2.05) is 0 Å². The molecule has 30 heavy (non-hydrogen) atoms. The first-order valence-corrected chi connectivity index (χ1v) is 10.5. The van der Waals surface area contributed by atoms with E-state index in [9.17, 15) is 9.18 Å². The number of benzene rings is 2. The highest BCUT2D eigenvalue weighted by molar-refractivity contribution is 5.95. The van der Waals surface area contributed by atoms with Gasteiger partial charge in [-0.3, -0.25) is 4.79 Å². The Morgan fingerprint density at radius 1 is 1.17 bits per heavy atom. The van der Waals surface area contributed by atoms with E-state index in [1.165, 1.54) is 18.6 Å². The van der Waals surface area contributed by atoms with Crippen LogP contribution in [0.4, 0.5) is 4.39 Å². The first kappa shape index (κ1) is 19.2. The fraction of sp³-hybridized carbons (Fsp3) is 0.435. The maximum atomic E-state index is 13.0. The zero-order valence-corrected chi connectivity index (χ0v) is 16.7. The molecular formula is C23H25FN2O4. The number of hydrogen-bond acceptors (Lipinski definition) is 5. The summed E-state index contributed by atoms with van der Waals surface area (Å²) in [7, 11) is 0. The minimum atomic E-state index is -0.317. The van der Waals surface area contributed by atoms with Crippen molar-refractivity contribution in [3.05, 3.63) is 53.8 Å². The summed E-state index contributed by atoms with van der Waals surface area (Å²) in [5.74, 6) is 2.03. The van der Waals surface area contributed by atoms with Gasteiger partial charge >= 0.3 is 0 Å². The Bertz CT molecular complexity index is 908. The molecule has 3 aliphatic heterocycles. The van der Waals surface area contributed by atoms with Crippen molar-refractivity contribution in [1.82, 2.24) is 10.2 Å². The summed E-state index contributed by atoms with van der Waals surface area (Å²) in [6, 6.07) is 11.3. The quantitative estimate of drug-likeness (QED) is 0.819. The van der Waals surface area contributed by atoms with Gasteiger partial charge in [0.2, 0.25) is 0 Å². The number of hydrogen-bond donors (Lipinski definition) is 1. The summed E-state index contributed by atoms with van der Waals surface area (Å²) in [5.41, 5.74) is 0.561. The molecule has 6 nitrogen and oxygen atoms in total. The van der Waals surface area contributed by atoms with Crippen LogP contribution >= 0.6 is 0 Å². The molecule has 7 heteroatoms. The molecule has 1 amide bonds. The van der Waals surface area contributed by atoms with Crippen molar-refractivity contribution in [2.45, 2.75) is 25.0 Å². The van der Waals surface area contributed by atoms with Crippen molar-refractivity contribution >= 4 is 5.91 Å². The Labute approximate surface area is 174 Å². The maximum absolute atomic E-state index is 13.0. The molecule has 0 spiro atoms. The molecule has 4 atom stereocenters. The lowest BCUT2D eigenvalue weighted by Crippen LogP contribution is -2.47. The number of rotatable bonds is 5. The SMILES string of the molecule is O=C(N[C@@H]1C[C@@H]2CCN(C2)C1)c1ccc2c(c1)O[C@H](COc1ccc(F)cc1)CO2. The molecule has 3 heterocycles. The zero-order chi connectivity index (χ0) is 20.5. The number of nitrogens with one attached hydrogen (secondary N) is 1. The lowest BCUT2D eigenvalue weighted by atomic mass is 9.96. The van der Waals surface area contributed by atoms with Crippen LogP contribution < -0.4 is 19.5 Å². The molecular weight excluding hydrogens is 387 g/mol. The molecule has 0 radical (unpaired) electrons. The molecule has 2 aromatic rings. The zero-order valence-electron chi connectivity index (χ0n) is 16.7. The van der Waals surface area contributed by atoms with Gasteiger partial charge in [0.15, 0.2) is 17.6 Å². The lowest BCUT2D eigenvalue weighted by Gasteiger charge is -2.30. The Morgan fingerprint density at radius 3 is 2.87 bits per heavy atom. The van der Waals surface area contributed by atoms with Gasteiger partial charge in [-0.2, -0.15) is 0 Å². The highest BCUT2D eigenvalue weighted by Gasteiger charge is 2.33. The first-order valence-electron chi connectivity index (χ1n) is 10.5. The van der Waals surface area contributed by atoms with Crippen LogP contribution in [-0.2, 0) is 0 Å². The van der Waals surface area contributed by atoms with E-state index in [0.717, 1.165) is 26.1 Å². The standard InChI is InChI=1S/C23H25FN2O4/c24-17-2-4-19(5-3-17)28-13-20-14-29-21-6-1-16(10-22(21)30-20)23(27)25-18-9-15-7-8-26(11-15)12-18/h1-6,10,15,18,20H,7-9,11-14H2,(H,25,27)/t15-,18+,20+/m0/s1. The van der Waals surface area contributed by atoms with Crippen LogP contribution in [0, 0.1) is 11.7 Å². The van der Waals surface area contributed by atoms with Crippen LogP contribution in [-0.4, -0.2) is 55.8 Å². The van der Waals surface area contributed by atoms with Gasteiger partial charge in [0, 0.05) is 24.7 Å². The summed E-state index contributed by atoms with van der Waals surface area (Å²) < 4.78 is 30.4. The predicted octanol–water partition coefficient (Wildman–Crippen LogP) is 2.87. The molecule has 3 aliphatic rings. The monoisotopic (exact) mass is 412 g/mol. The summed E-state index contributed by atoms with van der Waals surface area (Å²) in [6.45, 7) is 3.84. The third-order valence-electron chi connectivity index (χ3n) is 5.98.